The summed E-state index contributed by atoms with van der Waals surface area (Å²) in [6.45, 7) is 4.18. The second kappa shape index (κ2) is 8.82. The zero-order valence-electron chi connectivity index (χ0n) is 19.9. The lowest BCUT2D eigenvalue weighted by Crippen LogP contribution is -2.46. The lowest BCUT2D eigenvalue weighted by molar-refractivity contribution is -0.0526. The first-order chi connectivity index (χ1) is 17.4. The van der Waals surface area contributed by atoms with E-state index in [4.69, 9.17) is 4.74 Å². The molecule has 2 atom stereocenters. The predicted molar refractivity (Wildman–Crippen MR) is 127 cm³/mol. The van der Waals surface area contributed by atoms with Gasteiger partial charge in [-0.05, 0) is 38.8 Å². The molecule has 4 heterocycles. The van der Waals surface area contributed by atoms with E-state index >= 15 is 0 Å². The Bertz CT molecular complexity index is 1460. The predicted octanol–water partition coefficient (Wildman–Crippen LogP) is 3.45. The van der Waals surface area contributed by atoms with Crippen LogP contribution in [-0.4, -0.2) is 60.6 Å². The summed E-state index contributed by atoms with van der Waals surface area (Å²) in [5.41, 5.74) is 3.25. The van der Waals surface area contributed by atoms with E-state index in [1.165, 1.54) is 12.1 Å². The molecule has 2 fully saturated rings. The van der Waals surface area contributed by atoms with E-state index in [1.54, 1.807) is 13.1 Å². The van der Waals surface area contributed by atoms with Gasteiger partial charge in [-0.3, -0.25) is 4.68 Å². The third kappa shape index (κ3) is 4.18. The number of aryl methyl sites for hydroxylation is 2. The molecule has 4 aromatic rings. The van der Waals surface area contributed by atoms with Crippen LogP contribution in [0.3, 0.4) is 0 Å². The van der Waals surface area contributed by atoms with Crippen LogP contribution in [-0.2, 0) is 4.74 Å². The van der Waals surface area contributed by atoms with Crippen molar-refractivity contribution in [2.24, 2.45) is 0 Å². The fourth-order valence-corrected chi connectivity index (χ4v) is 4.46. The highest BCUT2D eigenvalue weighted by Crippen LogP contribution is 2.36. The molecule has 6 rings (SSSR count). The summed E-state index contributed by atoms with van der Waals surface area (Å²) in [5.74, 6) is -1.12. The fourth-order valence-electron chi connectivity index (χ4n) is 4.46. The van der Waals surface area contributed by atoms with Gasteiger partial charge in [0.25, 0.3) is 0 Å². The zero-order chi connectivity index (χ0) is 25.0. The minimum Gasteiger partial charge on any atom is -0.394 e. The van der Waals surface area contributed by atoms with Crippen LogP contribution in [0.4, 0.5) is 14.7 Å². The Hall–Kier alpha value is -3.57. The zero-order valence-corrected chi connectivity index (χ0v) is 19.9. The number of ether oxygens (including phenoxy) is 1. The third-order valence-corrected chi connectivity index (χ3v) is 6.68. The molecule has 0 amide bonds. The first-order valence-corrected chi connectivity index (χ1v) is 11.9. The van der Waals surface area contributed by atoms with Crippen LogP contribution in [0, 0.1) is 25.5 Å². The molecule has 0 spiro atoms. The minimum absolute atomic E-state index is 0.108. The van der Waals surface area contributed by atoms with E-state index in [-0.39, 0.29) is 24.0 Å². The highest BCUT2D eigenvalue weighted by molar-refractivity contribution is 5.88. The molecule has 3 aromatic heterocycles. The van der Waals surface area contributed by atoms with E-state index in [0.717, 1.165) is 24.5 Å². The molecule has 0 unspecified atom stereocenters. The monoisotopic (exact) mass is 493 g/mol. The number of fused-ring (bicyclic) bond motifs is 1. The number of aromatic nitrogens is 6. The number of nitrogens with zero attached hydrogens (tertiary/aromatic N) is 7. The molecule has 11 heteroatoms. The van der Waals surface area contributed by atoms with Gasteiger partial charge in [-0.25, -0.2) is 23.7 Å². The Labute approximate surface area is 205 Å². The number of halogens is 2. The minimum atomic E-state index is -0.749. The van der Waals surface area contributed by atoms with Crippen molar-refractivity contribution in [2.75, 3.05) is 24.6 Å². The van der Waals surface area contributed by atoms with Gasteiger partial charge >= 0.3 is 0 Å². The number of rotatable bonds is 5. The average molecular weight is 494 g/mol. The van der Waals surface area contributed by atoms with Crippen molar-refractivity contribution in [3.63, 3.8) is 0 Å². The van der Waals surface area contributed by atoms with Gasteiger partial charge in [-0.1, -0.05) is 0 Å². The molecule has 2 aliphatic rings. The Kier molecular flexibility index (Phi) is 5.60. The van der Waals surface area contributed by atoms with Crippen molar-refractivity contribution in [2.45, 2.75) is 44.9 Å². The number of aliphatic hydroxyl groups is 1. The van der Waals surface area contributed by atoms with Crippen molar-refractivity contribution >= 4 is 17.1 Å². The number of morpholine rings is 1. The van der Waals surface area contributed by atoms with E-state index in [2.05, 4.69) is 25.0 Å². The van der Waals surface area contributed by atoms with E-state index in [9.17, 15) is 13.9 Å². The van der Waals surface area contributed by atoms with E-state index in [1.807, 2.05) is 22.7 Å². The van der Waals surface area contributed by atoms with E-state index < -0.39 is 17.7 Å². The number of anilines is 1. The molecule has 1 N–H and O–H groups in total. The molecule has 36 heavy (non-hydrogen) atoms. The molecule has 9 nitrogen and oxygen atoms in total. The Morgan fingerprint density at radius 3 is 2.61 bits per heavy atom. The first kappa shape index (κ1) is 22.9. The van der Waals surface area contributed by atoms with Gasteiger partial charge in [0.15, 0.2) is 5.65 Å². The molecule has 1 saturated heterocycles. The maximum Gasteiger partial charge on any atom is 0.228 e. The van der Waals surface area contributed by atoms with Crippen LogP contribution in [0.1, 0.15) is 41.9 Å². The summed E-state index contributed by atoms with van der Waals surface area (Å²) in [5, 5.41) is 14.4. The number of hydrogen-bond donors (Lipinski definition) is 1. The van der Waals surface area contributed by atoms with Gasteiger partial charge < -0.3 is 14.7 Å². The van der Waals surface area contributed by atoms with Gasteiger partial charge in [-0.15, -0.1) is 0 Å². The lowest BCUT2D eigenvalue weighted by Gasteiger charge is -2.37. The molecular formula is C25H25F2N7O2. The largest absolute Gasteiger partial charge is 0.394 e. The standard InChI is InChI=1S/C25H25F2N7O2/c1-13-14(2)30-24-23(29-13)22(19-6-3-16(26)7-20(19)27)31-25(32-24)33-10-18(12-35)36-21(11-33)15-8-28-34(9-15)17-4-5-17/h3,6-9,17-18,21,35H,4-5,10-12H2,1-2H3/t18-,21+/m1/s1. The number of aliphatic hydroxyl groups excluding tert-OH is 1. The molecule has 1 aromatic carbocycles. The van der Waals surface area contributed by atoms with Crippen molar-refractivity contribution < 1.29 is 18.6 Å². The van der Waals surface area contributed by atoms with Crippen molar-refractivity contribution in [1.82, 2.24) is 29.7 Å². The molecule has 186 valence electrons. The van der Waals surface area contributed by atoms with Gasteiger partial charge in [-0.2, -0.15) is 10.1 Å². The van der Waals surface area contributed by atoms with Crippen LogP contribution in [0.15, 0.2) is 30.6 Å². The van der Waals surface area contributed by atoms with Gasteiger partial charge in [0.1, 0.15) is 28.9 Å². The number of hydrogen-bond acceptors (Lipinski definition) is 8. The Morgan fingerprint density at radius 2 is 1.86 bits per heavy atom. The SMILES string of the molecule is Cc1nc2nc(N3C[C@H](CO)O[C@H](c4cnn(C5CC5)c4)C3)nc(-c3ccc(F)cc3F)c2nc1C. The summed E-state index contributed by atoms with van der Waals surface area (Å²) in [4.78, 5) is 20.4. The average Bonchev–Trinajstić information content (AvgIpc) is 3.60. The highest BCUT2D eigenvalue weighted by Gasteiger charge is 2.33. The van der Waals surface area contributed by atoms with Crippen LogP contribution in [0.25, 0.3) is 22.4 Å². The molecular weight excluding hydrogens is 468 g/mol. The van der Waals surface area contributed by atoms with Crippen LogP contribution in [0.2, 0.25) is 0 Å². The summed E-state index contributed by atoms with van der Waals surface area (Å²) in [7, 11) is 0. The molecule has 0 bridgehead atoms. The second-order valence-corrected chi connectivity index (χ2v) is 9.38. The van der Waals surface area contributed by atoms with Gasteiger partial charge in [0.2, 0.25) is 5.95 Å². The third-order valence-electron chi connectivity index (χ3n) is 6.68. The second-order valence-electron chi connectivity index (χ2n) is 9.38. The van der Waals surface area contributed by atoms with Crippen molar-refractivity contribution in [3.8, 4) is 11.3 Å². The highest BCUT2D eigenvalue weighted by atomic mass is 19.1. The maximum atomic E-state index is 14.9. The fraction of sp³-hybridized carbons (Fsp3) is 0.400. The van der Waals surface area contributed by atoms with E-state index in [0.29, 0.717) is 47.6 Å². The molecule has 1 saturated carbocycles. The topological polar surface area (TPSA) is 102 Å². The molecule has 0 radical (unpaired) electrons. The summed E-state index contributed by atoms with van der Waals surface area (Å²) >= 11 is 0. The normalized spacial score (nSPS) is 20.3. The first-order valence-electron chi connectivity index (χ1n) is 11.9. The quantitative estimate of drug-likeness (QED) is 0.451. The smallest absolute Gasteiger partial charge is 0.228 e. The van der Waals surface area contributed by atoms with Crippen LogP contribution < -0.4 is 4.90 Å². The van der Waals surface area contributed by atoms with Crippen molar-refractivity contribution in [3.05, 3.63) is 59.2 Å². The van der Waals surface area contributed by atoms with Crippen LogP contribution in [0.5, 0.6) is 0 Å². The van der Waals surface area contributed by atoms with Crippen molar-refractivity contribution in [1.29, 1.82) is 0 Å². The Morgan fingerprint density at radius 1 is 1.06 bits per heavy atom. The van der Waals surface area contributed by atoms with Gasteiger partial charge in [0, 0.05) is 29.9 Å². The maximum absolute atomic E-state index is 14.9. The molecule has 1 aliphatic heterocycles. The number of benzene rings is 1. The summed E-state index contributed by atoms with van der Waals surface area (Å²) < 4.78 is 36.6. The van der Waals surface area contributed by atoms with Crippen LogP contribution >= 0.6 is 0 Å². The Balaban J connectivity index is 1.44. The lowest BCUT2D eigenvalue weighted by atomic mass is 10.1. The van der Waals surface area contributed by atoms with Gasteiger partial charge in [0.05, 0.1) is 42.9 Å². The summed E-state index contributed by atoms with van der Waals surface area (Å²) in [6, 6.07) is 3.79. The summed E-state index contributed by atoms with van der Waals surface area (Å²) in [6.07, 6.45) is 5.16. The molecule has 1 aliphatic carbocycles.